The Morgan fingerprint density at radius 1 is 1.12 bits per heavy atom. The molecule has 7 heteroatoms. The number of ether oxygens (including phenoxy) is 2. The number of nitrogens with one attached hydrogen (secondary N) is 1. The van der Waals surface area contributed by atoms with Gasteiger partial charge in [-0.3, -0.25) is 4.79 Å². The summed E-state index contributed by atoms with van der Waals surface area (Å²) in [4.78, 5) is 36.5. The summed E-state index contributed by atoms with van der Waals surface area (Å²) in [5.41, 5.74) is -0.937. The van der Waals surface area contributed by atoms with E-state index in [2.05, 4.69) is 21.2 Å². The van der Waals surface area contributed by atoms with Crippen molar-refractivity contribution >= 4 is 33.8 Å². The monoisotopic (exact) mass is 399 g/mol. The molecule has 1 amide bonds. The SMILES string of the molecule is CCOC(=O)C(CCc1cccc(Br)c1)(NC(C)=O)C(=O)OCC. The standard InChI is InChI=1S/C17H22BrNO5/c1-4-23-15(21)17(19-12(3)20,16(22)24-5-2)10-9-13-7-6-8-14(18)11-13/h6-8,11H,4-5,9-10H2,1-3H3,(H,19,20). The van der Waals surface area contributed by atoms with Crippen LogP contribution in [0.3, 0.4) is 0 Å². The molecule has 0 aliphatic carbocycles. The average molecular weight is 400 g/mol. The highest BCUT2D eigenvalue weighted by atomic mass is 79.9. The summed E-state index contributed by atoms with van der Waals surface area (Å²) in [6, 6.07) is 7.49. The zero-order chi connectivity index (χ0) is 18.2. The Morgan fingerprint density at radius 2 is 1.71 bits per heavy atom. The van der Waals surface area contributed by atoms with Crippen LogP contribution in [0.5, 0.6) is 0 Å². The van der Waals surface area contributed by atoms with E-state index in [0.29, 0.717) is 6.42 Å². The maximum atomic E-state index is 12.5. The van der Waals surface area contributed by atoms with Gasteiger partial charge >= 0.3 is 11.9 Å². The normalized spacial score (nSPS) is 10.8. The number of benzene rings is 1. The minimum absolute atomic E-state index is 0.0424. The fourth-order valence-corrected chi connectivity index (χ4v) is 2.73. The number of esters is 2. The summed E-state index contributed by atoms with van der Waals surface area (Å²) < 4.78 is 10.9. The van der Waals surface area contributed by atoms with Crippen molar-refractivity contribution in [3.63, 3.8) is 0 Å². The predicted molar refractivity (Wildman–Crippen MR) is 92.3 cm³/mol. The molecule has 24 heavy (non-hydrogen) atoms. The van der Waals surface area contributed by atoms with Crippen LogP contribution in [0.25, 0.3) is 0 Å². The van der Waals surface area contributed by atoms with E-state index in [0.717, 1.165) is 10.0 Å². The van der Waals surface area contributed by atoms with Crippen molar-refractivity contribution in [2.75, 3.05) is 13.2 Å². The Labute approximate surface area is 150 Å². The van der Waals surface area contributed by atoms with Crippen LogP contribution >= 0.6 is 15.9 Å². The van der Waals surface area contributed by atoms with Crippen LogP contribution in [0.15, 0.2) is 28.7 Å². The van der Waals surface area contributed by atoms with Crippen LogP contribution < -0.4 is 5.32 Å². The van der Waals surface area contributed by atoms with Gasteiger partial charge in [0.25, 0.3) is 0 Å². The second-order valence-electron chi connectivity index (χ2n) is 5.16. The van der Waals surface area contributed by atoms with Gasteiger partial charge in [-0.2, -0.15) is 0 Å². The van der Waals surface area contributed by atoms with Gasteiger partial charge in [0, 0.05) is 11.4 Å². The second kappa shape index (κ2) is 9.42. The molecule has 1 N–H and O–H groups in total. The first kappa shape index (κ1) is 20.2. The van der Waals surface area contributed by atoms with Crippen LogP contribution in [0, 0.1) is 0 Å². The van der Waals surface area contributed by atoms with Gasteiger partial charge < -0.3 is 14.8 Å². The van der Waals surface area contributed by atoms with Crippen molar-refractivity contribution in [2.24, 2.45) is 0 Å². The van der Waals surface area contributed by atoms with Gasteiger partial charge in [-0.25, -0.2) is 9.59 Å². The Bertz CT molecular complexity index is 584. The molecule has 0 saturated heterocycles. The number of halogens is 1. The molecule has 1 aromatic carbocycles. The summed E-state index contributed by atoms with van der Waals surface area (Å²) in [6.07, 6.45) is 0.429. The molecule has 0 aromatic heterocycles. The van der Waals surface area contributed by atoms with E-state index < -0.39 is 23.4 Å². The quantitative estimate of drug-likeness (QED) is 0.535. The van der Waals surface area contributed by atoms with Crippen molar-refractivity contribution in [3.05, 3.63) is 34.3 Å². The van der Waals surface area contributed by atoms with Gasteiger partial charge in [0.1, 0.15) is 0 Å². The van der Waals surface area contributed by atoms with E-state index in [-0.39, 0.29) is 19.6 Å². The van der Waals surface area contributed by atoms with Crippen LogP contribution in [-0.4, -0.2) is 36.6 Å². The molecule has 0 fully saturated rings. The van der Waals surface area contributed by atoms with E-state index in [9.17, 15) is 14.4 Å². The topological polar surface area (TPSA) is 81.7 Å². The lowest BCUT2D eigenvalue weighted by Gasteiger charge is -2.29. The lowest BCUT2D eigenvalue weighted by Crippen LogP contribution is -2.61. The predicted octanol–water partition coefficient (Wildman–Crippen LogP) is 2.38. The Hall–Kier alpha value is -1.89. The van der Waals surface area contributed by atoms with Gasteiger partial charge in [-0.1, -0.05) is 28.1 Å². The number of rotatable bonds is 8. The molecule has 6 nitrogen and oxygen atoms in total. The largest absolute Gasteiger partial charge is 0.464 e. The van der Waals surface area contributed by atoms with Crippen LogP contribution in [0.2, 0.25) is 0 Å². The number of carbonyl (C=O) groups is 3. The summed E-state index contributed by atoms with van der Waals surface area (Å²) in [7, 11) is 0. The molecule has 1 rings (SSSR count). The molecule has 0 aliphatic rings. The van der Waals surface area contributed by atoms with Crippen molar-refractivity contribution in [2.45, 2.75) is 39.2 Å². The summed E-state index contributed by atoms with van der Waals surface area (Å²) >= 11 is 3.38. The van der Waals surface area contributed by atoms with Gasteiger partial charge in [0.05, 0.1) is 13.2 Å². The lowest BCUT2D eigenvalue weighted by atomic mass is 9.90. The molecule has 1 aromatic rings. The first-order chi connectivity index (χ1) is 11.4. The molecule has 0 heterocycles. The zero-order valence-electron chi connectivity index (χ0n) is 14.1. The highest BCUT2D eigenvalue weighted by molar-refractivity contribution is 9.10. The molecule has 0 aliphatic heterocycles. The van der Waals surface area contributed by atoms with Gasteiger partial charge in [0.2, 0.25) is 11.4 Å². The van der Waals surface area contributed by atoms with Crippen LogP contribution in [0.1, 0.15) is 32.8 Å². The molecule has 0 radical (unpaired) electrons. The van der Waals surface area contributed by atoms with Crippen LogP contribution in [-0.2, 0) is 30.3 Å². The van der Waals surface area contributed by atoms with Gasteiger partial charge in [-0.05, 0) is 44.4 Å². The molecular formula is C17H22BrNO5. The zero-order valence-corrected chi connectivity index (χ0v) is 15.6. The minimum atomic E-state index is -1.85. The van der Waals surface area contributed by atoms with Crippen LogP contribution in [0.4, 0.5) is 0 Å². The van der Waals surface area contributed by atoms with E-state index >= 15 is 0 Å². The number of amides is 1. The van der Waals surface area contributed by atoms with E-state index in [1.54, 1.807) is 13.8 Å². The summed E-state index contributed by atoms with van der Waals surface area (Å²) in [5.74, 6) is -2.13. The van der Waals surface area contributed by atoms with Crippen molar-refractivity contribution < 1.29 is 23.9 Å². The molecule has 0 bridgehead atoms. The highest BCUT2D eigenvalue weighted by Crippen LogP contribution is 2.21. The Morgan fingerprint density at radius 3 is 2.17 bits per heavy atom. The molecule has 0 unspecified atom stereocenters. The highest BCUT2D eigenvalue weighted by Gasteiger charge is 2.49. The van der Waals surface area contributed by atoms with Gasteiger partial charge in [-0.15, -0.1) is 0 Å². The molecule has 132 valence electrons. The second-order valence-corrected chi connectivity index (χ2v) is 6.07. The fraction of sp³-hybridized carbons (Fsp3) is 0.471. The third-order valence-electron chi connectivity index (χ3n) is 3.31. The summed E-state index contributed by atoms with van der Waals surface area (Å²) in [6.45, 7) is 4.70. The third-order valence-corrected chi connectivity index (χ3v) is 3.81. The fourth-order valence-electron chi connectivity index (χ4n) is 2.29. The van der Waals surface area contributed by atoms with Crippen molar-refractivity contribution in [1.82, 2.24) is 5.32 Å². The maximum Gasteiger partial charge on any atom is 0.343 e. The number of hydrogen-bond acceptors (Lipinski definition) is 5. The van der Waals surface area contributed by atoms with E-state index in [4.69, 9.17) is 9.47 Å². The molecule has 0 saturated carbocycles. The number of hydrogen-bond donors (Lipinski definition) is 1. The van der Waals surface area contributed by atoms with Crippen molar-refractivity contribution in [3.8, 4) is 0 Å². The minimum Gasteiger partial charge on any atom is -0.464 e. The number of carbonyl (C=O) groups excluding carboxylic acids is 3. The first-order valence-electron chi connectivity index (χ1n) is 7.73. The van der Waals surface area contributed by atoms with E-state index in [1.165, 1.54) is 6.92 Å². The van der Waals surface area contributed by atoms with Gasteiger partial charge in [0.15, 0.2) is 0 Å². The maximum absolute atomic E-state index is 12.5. The first-order valence-corrected chi connectivity index (χ1v) is 8.52. The number of aryl methyl sites for hydroxylation is 1. The third kappa shape index (κ3) is 5.33. The molecule has 0 spiro atoms. The average Bonchev–Trinajstić information content (AvgIpc) is 2.51. The lowest BCUT2D eigenvalue weighted by molar-refractivity contribution is -0.168. The smallest absolute Gasteiger partial charge is 0.343 e. The Balaban J connectivity index is 3.14. The van der Waals surface area contributed by atoms with E-state index in [1.807, 2.05) is 24.3 Å². The van der Waals surface area contributed by atoms with Crippen molar-refractivity contribution in [1.29, 1.82) is 0 Å². The summed E-state index contributed by atoms with van der Waals surface area (Å²) in [5, 5.41) is 2.45. The molecule has 0 atom stereocenters. The Kier molecular flexibility index (Phi) is 7.91. The molecular weight excluding hydrogens is 378 g/mol.